The van der Waals surface area contributed by atoms with Crippen LogP contribution in [0.2, 0.25) is 0 Å². The Balaban J connectivity index is 1.49. The largest absolute Gasteiger partial charge is 0.465 e. The number of rotatable bonds is 16. The van der Waals surface area contributed by atoms with Crippen LogP contribution in [0.1, 0.15) is 124 Å². The van der Waals surface area contributed by atoms with E-state index in [4.69, 9.17) is 14.2 Å². The van der Waals surface area contributed by atoms with Gasteiger partial charge in [0.1, 0.15) is 0 Å². The first-order valence-corrected chi connectivity index (χ1v) is 14.0. The van der Waals surface area contributed by atoms with Gasteiger partial charge < -0.3 is 14.2 Å². The van der Waals surface area contributed by atoms with E-state index in [1.165, 1.54) is 89.9 Å². The van der Waals surface area contributed by atoms with Gasteiger partial charge in [0.05, 0.1) is 25.4 Å². The molecule has 1 unspecified atom stereocenters. The van der Waals surface area contributed by atoms with E-state index in [1.807, 2.05) is 6.92 Å². The Kier molecular flexibility index (Phi) is 14.6. The second-order valence-electron chi connectivity index (χ2n) is 10.6. The molecule has 0 saturated heterocycles. The fourth-order valence-electron chi connectivity index (χ4n) is 5.45. The minimum atomic E-state index is -0.0811. The fraction of sp³-hybridized carbons (Fsp3) is 0.964. The van der Waals surface area contributed by atoms with Crippen molar-refractivity contribution in [2.45, 2.75) is 136 Å². The van der Waals surface area contributed by atoms with E-state index in [0.29, 0.717) is 31.8 Å². The van der Waals surface area contributed by atoms with Crippen LogP contribution in [-0.2, 0) is 19.0 Å². The minimum Gasteiger partial charge on any atom is -0.465 e. The van der Waals surface area contributed by atoms with Gasteiger partial charge in [-0.05, 0) is 76.0 Å². The molecular formula is C28H52O4. The number of unbranched alkanes of at least 4 members (excludes halogenated alkanes) is 5. The average Bonchev–Trinajstić information content (AvgIpc) is 2.82. The molecule has 4 nitrogen and oxygen atoms in total. The van der Waals surface area contributed by atoms with Crippen LogP contribution in [0.3, 0.4) is 0 Å². The molecule has 1 atom stereocenters. The maximum Gasteiger partial charge on any atom is 0.305 e. The lowest BCUT2D eigenvalue weighted by Crippen LogP contribution is -2.31. The average molecular weight is 453 g/mol. The van der Waals surface area contributed by atoms with E-state index in [2.05, 4.69) is 13.8 Å². The van der Waals surface area contributed by atoms with E-state index < -0.39 is 0 Å². The van der Waals surface area contributed by atoms with Crippen molar-refractivity contribution in [3.8, 4) is 0 Å². The zero-order valence-corrected chi connectivity index (χ0v) is 21.5. The second kappa shape index (κ2) is 16.9. The molecule has 188 valence electrons. The molecule has 2 saturated carbocycles. The molecule has 0 spiro atoms. The third-order valence-corrected chi connectivity index (χ3v) is 7.56. The summed E-state index contributed by atoms with van der Waals surface area (Å²) in [6.45, 7) is 8.55. The van der Waals surface area contributed by atoms with Crippen LogP contribution in [0.5, 0.6) is 0 Å². The lowest BCUT2D eigenvalue weighted by atomic mass is 9.72. The standard InChI is InChI=1S/C28H52O4/c1-4-6-7-8-9-10-20-30-26-16-12-24(13-17-26)25-14-18-27(19-15-25)31-21-23(3)22-32-28(29)11-5-2/h23-27H,4-22H2,1-3H3. The van der Waals surface area contributed by atoms with E-state index in [1.54, 1.807) is 0 Å². The van der Waals surface area contributed by atoms with Gasteiger partial charge in [-0.1, -0.05) is 52.9 Å². The van der Waals surface area contributed by atoms with Gasteiger partial charge >= 0.3 is 5.97 Å². The molecule has 32 heavy (non-hydrogen) atoms. The molecule has 2 aliphatic rings. The summed E-state index contributed by atoms with van der Waals surface area (Å²) in [4.78, 5) is 11.5. The molecule has 0 bridgehead atoms. The van der Waals surface area contributed by atoms with Crippen molar-refractivity contribution in [3.05, 3.63) is 0 Å². The highest BCUT2D eigenvalue weighted by Gasteiger charge is 2.31. The van der Waals surface area contributed by atoms with E-state index in [0.717, 1.165) is 24.9 Å². The Morgan fingerprint density at radius 3 is 1.88 bits per heavy atom. The summed E-state index contributed by atoms with van der Waals surface area (Å²) in [6.07, 6.45) is 20.6. The van der Waals surface area contributed by atoms with Crippen LogP contribution in [0.25, 0.3) is 0 Å². The van der Waals surface area contributed by atoms with Crippen molar-refractivity contribution in [2.75, 3.05) is 19.8 Å². The molecule has 0 heterocycles. The summed E-state index contributed by atoms with van der Waals surface area (Å²) in [7, 11) is 0. The number of hydrogen-bond acceptors (Lipinski definition) is 4. The monoisotopic (exact) mass is 452 g/mol. The Hall–Kier alpha value is -0.610. The SMILES string of the molecule is CCCCCCCCOC1CCC(C2CCC(OCC(C)COC(=O)CCC)CC2)CC1. The minimum absolute atomic E-state index is 0.0811. The summed E-state index contributed by atoms with van der Waals surface area (Å²) in [5.74, 6) is 1.99. The molecule has 0 aromatic heterocycles. The highest BCUT2D eigenvalue weighted by molar-refractivity contribution is 5.69. The number of carbonyl (C=O) groups excluding carboxylic acids is 1. The number of ether oxygens (including phenoxy) is 3. The number of carbonyl (C=O) groups is 1. The van der Waals surface area contributed by atoms with Gasteiger partial charge in [0.15, 0.2) is 0 Å². The maximum atomic E-state index is 11.5. The fourth-order valence-corrected chi connectivity index (χ4v) is 5.45. The summed E-state index contributed by atoms with van der Waals surface area (Å²) in [5, 5.41) is 0. The van der Waals surface area contributed by atoms with Gasteiger partial charge in [0.25, 0.3) is 0 Å². The Morgan fingerprint density at radius 1 is 0.719 bits per heavy atom. The molecule has 2 rings (SSSR count). The molecule has 0 aromatic rings. The molecule has 0 radical (unpaired) electrons. The van der Waals surface area contributed by atoms with Crippen molar-refractivity contribution in [1.29, 1.82) is 0 Å². The van der Waals surface area contributed by atoms with Crippen LogP contribution in [-0.4, -0.2) is 38.0 Å². The predicted molar refractivity (Wildman–Crippen MR) is 132 cm³/mol. The summed E-state index contributed by atoms with van der Waals surface area (Å²) in [5.41, 5.74) is 0. The smallest absolute Gasteiger partial charge is 0.305 e. The normalized spacial score (nSPS) is 27.2. The zero-order chi connectivity index (χ0) is 23.0. The van der Waals surface area contributed by atoms with Crippen LogP contribution in [0, 0.1) is 17.8 Å². The molecule has 2 fully saturated rings. The van der Waals surface area contributed by atoms with Crippen LogP contribution < -0.4 is 0 Å². The molecule has 0 amide bonds. The Morgan fingerprint density at radius 2 is 1.28 bits per heavy atom. The molecule has 2 aliphatic carbocycles. The molecule has 0 aromatic carbocycles. The summed E-state index contributed by atoms with van der Waals surface area (Å²) in [6, 6.07) is 0. The van der Waals surface area contributed by atoms with Crippen LogP contribution in [0.15, 0.2) is 0 Å². The molecule has 0 N–H and O–H groups in total. The van der Waals surface area contributed by atoms with Gasteiger partial charge in [-0.15, -0.1) is 0 Å². The first-order chi connectivity index (χ1) is 15.6. The third-order valence-electron chi connectivity index (χ3n) is 7.56. The highest BCUT2D eigenvalue weighted by atomic mass is 16.5. The third kappa shape index (κ3) is 11.5. The summed E-state index contributed by atoms with van der Waals surface area (Å²) < 4.78 is 17.7. The van der Waals surface area contributed by atoms with Crippen molar-refractivity contribution in [3.63, 3.8) is 0 Å². The predicted octanol–water partition coefficient (Wildman–Crippen LogP) is 7.48. The van der Waals surface area contributed by atoms with Gasteiger partial charge in [-0.2, -0.15) is 0 Å². The number of hydrogen-bond donors (Lipinski definition) is 0. The molecule has 0 aliphatic heterocycles. The van der Waals surface area contributed by atoms with Crippen LogP contribution >= 0.6 is 0 Å². The summed E-state index contributed by atoms with van der Waals surface area (Å²) >= 11 is 0. The first kappa shape index (κ1) is 27.6. The highest BCUT2D eigenvalue weighted by Crippen LogP contribution is 2.39. The van der Waals surface area contributed by atoms with Gasteiger partial charge in [-0.3, -0.25) is 4.79 Å². The van der Waals surface area contributed by atoms with E-state index in [-0.39, 0.29) is 11.9 Å². The maximum absolute atomic E-state index is 11.5. The zero-order valence-electron chi connectivity index (χ0n) is 21.5. The quantitative estimate of drug-likeness (QED) is 0.180. The second-order valence-corrected chi connectivity index (χ2v) is 10.6. The van der Waals surface area contributed by atoms with Gasteiger partial charge in [0, 0.05) is 18.9 Å². The van der Waals surface area contributed by atoms with Crippen molar-refractivity contribution < 1.29 is 19.0 Å². The lowest BCUT2D eigenvalue weighted by Gasteiger charge is -2.38. The topological polar surface area (TPSA) is 44.8 Å². The van der Waals surface area contributed by atoms with Crippen molar-refractivity contribution in [1.82, 2.24) is 0 Å². The van der Waals surface area contributed by atoms with Crippen LogP contribution in [0.4, 0.5) is 0 Å². The van der Waals surface area contributed by atoms with E-state index in [9.17, 15) is 4.79 Å². The first-order valence-electron chi connectivity index (χ1n) is 14.0. The van der Waals surface area contributed by atoms with Crippen molar-refractivity contribution in [2.24, 2.45) is 17.8 Å². The van der Waals surface area contributed by atoms with Gasteiger partial charge in [0.2, 0.25) is 0 Å². The Labute approximate surface area is 198 Å². The molecular weight excluding hydrogens is 400 g/mol. The number of esters is 1. The Bertz CT molecular complexity index is 464. The molecule has 4 heteroatoms. The lowest BCUT2D eigenvalue weighted by molar-refractivity contribution is -0.145. The van der Waals surface area contributed by atoms with E-state index >= 15 is 0 Å². The van der Waals surface area contributed by atoms with Crippen molar-refractivity contribution >= 4 is 5.97 Å². The van der Waals surface area contributed by atoms with Gasteiger partial charge in [-0.25, -0.2) is 0 Å².